The lowest BCUT2D eigenvalue weighted by molar-refractivity contribution is -0.125. The molecule has 0 saturated heterocycles. The molecule has 1 aliphatic carbocycles. The van der Waals surface area contributed by atoms with E-state index in [4.69, 9.17) is 4.74 Å². The molecule has 1 fully saturated rings. The number of esters is 1. The van der Waals surface area contributed by atoms with Gasteiger partial charge >= 0.3 is 5.97 Å². The molecule has 1 unspecified atom stereocenters. The highest BCUT2D eigenvalue weighted by Crippen LogP contribution is 2.31. The summed E-state index contributed by atoms with van der Waals surface area (Å²) in [5, 5.41) is 6.10. The van der Waals surface area contributed by atoms with Gasteiger partial charge in [0.05, 0.1) is 7.11 Å². The fourth-order valence-corrected chi connectivity index (χ4v) is 4.31. The number of thiophene rings is 1. The van der Waals surface area contributed by atoms with Crippen LogP contribution in [0, 0.1) is 0 Å². The number of hydrogen-bond donors (Lipinski definition) is 1. The van der Waals surface area contributed by atoms with E-state index in [0.29, 0.717) is 12.1 Å². The van der Waals surface area contributed by atoms with Crippen LogP contribution in [0.3, 0.4) is 0 Å². The summed E-state index contributed by atoms with van der Waals surface area (Å²) in [4.78, 5) is 25.8. The van der Waals surface area contributed by atoms with Crippen molar-refractivity contribution in [1.29, 1.82) is 0 Å². The normalized spacial score (nSPS) is 16.6. The van der Waals surface area contributed by atoms with Crippen molar-refractivity contribution in [2.24, 2.45) is 0 Å². The maximum Gasteiger partial charge on any atom is 0.354 e. The molecule has 1 atom stereocenters. The molecule has 0 bridgehead atoms. The van der Waals surface area contributed by atoms with Gasteiger partial charge < -0.3 is 14.6 Å². The minimum absolute atomic E-state index is 0.00421. The number of methoxy groups -OCH3 is 1. The van der Waals surface area contributed by atoms with Gasteiger partial charge in [-0.25, -0.2) is 4.79 Å². The Morgan fingerprint density at radius 2 is 2.17 bits per heavy atom. The van der Waals surface area contributed by atoms with Crippen LogP contribution in [0.2, 0.25) is 0 Å². The zero-order valence-corrected chi connectivity index (χ0v) is 14.3. The molecule has 1 saturated carbocycles. The molecule has 0 aromatic carbocycles. The van der Waals surface area contributed by atoms with E-state index in [-0.39, 0.29) is 18.0 Å². The van der Waals surface area contributed by atoms with Crippen LogP contribution in [0.25, 0.3) is 10.2 Å². The van der Waals surface area contributed by atoms with Crippen LogP contribution < -0.4 is 5.32 Å². The number of amides is 1. The summed E-state index contributed by atoms with van der Waals surface area (Å²) in [6.07, 6.45) is 5.07. The topological polar surface area (TPSA) is 60.3 Å². The Bertz CT molecular complexity index is 713. The number of carbonyl (C=O) groups is 2. The van der Waals surface area contributed by atoms with Crippen LogP contribution in [-0.4, -0.2) is 29.6 Å². The van der Waals surface area contributed by atoms with Crippen molar-refractivity contribution in [2.75, 3.05) is 7.11 Å². The summed E-state index contributed by atoms with van der Waals surface area (Å²) in [6.45, 7) is 1.97. The van der Waals surface area contributed by atoms with Gasteiger partial charge in [0.25, 0.3) is 0 Å². The van der Waals surface area contributed by atoms with E-state index in [9.17, 15) is 9.59 Å². The van der Waals surface area contributed by atoms with E-state index in [0.717, 1.165) is 23.1 Å². The second kappa shape index (κ2) is 6.74. The first kappa shape index (κ1) is 16.1. The molecule has 0 spiro atoms. The SMILES string of the molecule is CCC(C(=O)NC1CCCC1)n1c(C(=O)OC)cc2ccsc21. The predicted octanol–water partition coefficient (Wildman–Crippen LogP) is 3.50. The van der Waals surface area contributed by atoms with Gasteiger partial charge in [-0.3, -0.25) is 4.79 Å². The summed E-state index contributed by atoms with van der Waals surface area (Å²) in [5.41, 5.74) is 0.447. The van der Waals surface area contributed by atoms with Crippen molar-refractivity contribution in [3.05, 3.63) is 23.2 Å². The number of ether oxygens (including phenoxy) is 1. The molecule has 0 radical (unpaired) electrons. The maximum atomic E-state index is 12.8. The zero-order valence-electron chi connectivity index (χ0n) is 13.5. The number of nitrogens with one attached hydrogen (secondary N) is 1. The van der Waals surface area contributed by atoms with Crippen molar-refractivity contribution in [3.63, 3.8) is 0 Å². The highest BCUT2D eigenvalue weighted by molar-refractivity contribution is 7.16. The molecule has 0 aliphatic heterocycles. The molecular weight excluding hydrogens is 312 g/mol. The van der Waals surface area contributed by atoms with Crippen LogP contribution in [0.5, 0.6) is 0 Å². The van der Waals surface area contributed by atoms with E-state index in [2.05, 4.69) is 5.32 Å². The summed E-state index contributed by atoms with van der Waals surface area (Å²) in [7, 11) is 1.37. The number of fused-ring (bicyclic) bond motifs is 1. The van der Waals surface area contributed by atoms with Gasteiger partial charge in [-0.2, -0.15) is 0 Å². The predicted molar refractivity (Wildman–Crippen MR) is 90.9 cm³/mol. The van der Waals surface area contributed by atoms with Gasteiger partial charge in [0.15, 0.2) is 0 Å². The average Bonchev–Trinajstić information content (AvgIpc) is 3.25. The fraction of sp³-hybridized carbons (Fsp3) is 0.529. The second-order valence-electron chi connectivity index (χ2n) is 5.99. The number of rotatable bonds is 5. The van der Waals surface area contributed by atoms with Crippen LogP contribution >= 0.6 is 11.3 Å². The molecular formula is C17H22N2O3S. The van der Waals surface area contributed by atoms with Crippen LogP contribution in [0.15, 0.2) is 17.5 Å². The molecule has 1 amide bonds. The largest absolute Gasteiger partial charge is 0.464 e. The quantitative estimate of drug-likeness (QED) is 0.851. The first-order chi connectivity index (χ1) is 11.2. The van der Waals surface area contributed by atoms with Crippen molar-refractivity contribution in [2.45, 2.75) is 51.1 Å². The second-order valence-corrected chi connectivity index (χ2v) is 6.88. The maximum absolute atomic E-state index is 12.8. The number of aromatic nitrogens is 1. The van der Waals surface area contributed by atoms with Crippen molar-refractivity contribution in [3.8, 4) is 0 Å². The molecule has 2 aromatic rings. The monoisotopic (exact) mass is 334 g/mol. The van der Waals surface area contributed by atoms with E-state index in [1.165, 1.54) is 20.0 Å². The molecule has 1 aliphatic rings. The Hall–Kier alpha value is -1.82. The van der Waals surface area contributed by atoms with Gasteiger partial charge in [0.2, 0.25) is 5.91 Å². The van der Waals surface area contributed by atoms with E-state index in [1.807, 2.05) is 29.0 Å². The summed E-state index contributed by atoms with van der Waals surface area (Å²) >= 11 is 1.54. The first-order valence-electron chi connectivity index (χ1n) is 8.12. The van der Waals surface area contributed by atoms with Gasteiger partial charge in [0, 0.05) is 11.4 Å². The lowest BCUT2D eigenvalue weighted by atomic mass is 10.1. The Labute approximate surface area is 139 Å². The molecule has 3 rings (SSSR count). The Kier molecular flexibility index (Phi) is 4.71. The summed E-state index contributed by atoms with van der Waals surface area (Å²) in [5.74, 6) is -0.407. The molecule has 2 aromatic heterocycles. The zero-order chi connectivity index (χ0) is 16.4. The van der Waals surface area contributed by atoms with Gasteiger partial charge in [-0.1, -0.05) is 19.8 Å². The lowest BCUT2D eigenvalue weighted by Crippen LogP contribution is -2.38. The van der Waals surface area contributed by atoms with Crippen LogP contribution in [0.1, 0.15) is 55.6 Å². The third-order valence-electron chi connectivity index (χ3n) is 4.54. The minimum Gasteiger partial charge on any atom is -0.464 e. The highest BCUT2D eigenvalue weighted by Gasteiger charge is 2.28. The Morgan fingerprint density at radius 3 is 2.83 bits per heavy atom. The first-order valence-corrected chi connectivity index (χ1v) is 9.00. The summed E-state index contributed by atoms with van der Waals surface area (Å²) < 4.78 is 6.74. The van der Waals surface area contributed by atoms with Crippen molar-refractivity contribution >= 4 is 33.4 Å². The van der Waals surface area contributed by atoms with Gasteiger partial charge in [0.1, 0.15) is 16.6 Å². The number of hydrogen-bond acceptors (Lipinski definition) is 4. The Morgan fingerprint density at radius 1 is 1.43 bits per heavy atom. The standard InChI is InChI=1S/C17H22N2O3S/c1-3-13(15(20)18-12-6-4-5-7-12)19-14(17(21)22-2)10-11-8-9-23-16(11)19/h8-10,12-13H,3-7H2,1-2H3,(H,18,20). The third-order valence-corrected chi connectivity index (χ3v) is 5.47. The Balaban J connectivity index is 1.95. The van der Waals surface area contributed by atoms with E-state index < -0.39 is 5.97 Å². The third kappa shape index (κ3) is 3.00. The fourth-order valence-electron chi connectivity index (χ4n) is 3.37. The van der Waals surface area contributed by atoms with Crippen molar-refractivity contribution < 1.29 is 14.3 Å². The lowest BCUT2D eigenvalue weighted by Gasteiger charge is -2.22. The van der Waals surface area contributed by atoms with Gasteiger partial charge in [-0.05, 0) is 36.8 Å². The van der Waals surface area contributed by atoms with Gasteiger partial charge in [-0.15, -0.1) is 11.3 Å². The smallest absolute Gasteiger partial charge is 0.354 e. The molecule has 2 heterocycles. The van der Waals surface area contributed by atoms with Crippen molar-refractivity contribution in [1.82, 2.24) is 9.88 Å². The van der Waals surface area contributed by atoms with Crippen LogP contribution in [-0.2, 0) is 9.53 Å². The average molecular weight is 334 g/mol. The molecule has 23 heavy (non-hydrogen) atoms. The van der Waals surface area contributed by atoms with E-state index in [1.54, 1.807) is 11.3 Å². The molecule has 6 heteroatoms. The number of nitrogens with zero attached hydrogens (tertiary/aromatic N) is 1. The molecule has 124 valence electrons. The molecule has 1 N–H and O–H groups in total. The van der Waals surface area contributed by atoms with Crippen LogP contribution in [0.4, 0.5) is 0 Å². The van der Waals surface area contributed by atoms with E-state index >= 15 is 0 Å². The minimum atomic E-state index is -0.402. The summed E-state index contributed by atoms with van der Waals surface area (Å²) in [6, 6.07) is 3.65. The number of carbonyl (C=O) groups excluding carboxylic acids is 2. The highest BCUT2D eigenvalue weighted by atomic mass is 32.1. The molecule has 5 nitrogen and oxygen atoms in total.